The molecule has 0 aliphatic carbocycles. The summed E-state index contributed by atoms with van der Waals surface area (Å²) in [6, 6.07) is 10.00. The molecule has 2 aliphatic rings. The molecule has 6 atom stereocenters. The van der Waals surface area contributed by atoms with Gasteiger partial charge in [-0.15, -0.1) is 0 Å². The Hall–Kier alpha value is -4.36. The van der Waals surface area contributed by atoms with E-state index in [4.69, 9.17) is 11.1 Å². The number of phenolic OH excluding ortho intramolecular Hbond substituents is 2. The van der Waals surface area contributed by atoms with Gasteiger partial charge in [0.25, 0.3) is 0 Å². The molecule has 0 saturated carbocycles. The van der Waals surface area contributed by atoms with E-state index in [2.05, 4.69) is 10.6 Å². The molecular weight excluding hydrogens is 568 g/mol. The van der Waals surface area contributed by atoms with Crippen molar-refractivity contribution in [3.8, 4) is 11.5 Å². The standard InChI is InChI=1S/C31H42N6O7/c1-18-15-25(27(41)34-23-3-2-14-36(29(23)43)31(32)33)37(17-18)30(44)24(16-20-6-11-22(39)12-7-20)35-28(42)26(40)13-8-19-4-9-21(38)10-5-19/h4-7,9-12,18,23-26,29,38-40,43H,2-3,8,13-17H2,1H3,(H3,32,33)(H,34,41)(H,35,42)/t18?,23-,24+,25-,26?,29?/m0/s1. The summed E-state index contributed by atoms with van der Waals surface area (Å²) < 4.78 is 0. The maximum atomic E-state index is 14.0. The SMILES string of the molecule is CC1C[C@@H](C(=O)N[C@H]2CCCN(C(=N)N)C2O)N(C(=O)[C@@H](Cc2ccc(O)cc2)NC(=O)C(O)CCc2ccc(O)cc2)C1. The number of phenols is 2. The average Bonchev–Trinajstić information content (AvgIpc) is 3.39. The van der Waals surface area contributed by atoms with Gasteiger partial charge >= 0.3 is 0 Å². The molecule has 2 fully saturated rings. The normalized spacial score (nSPS) is 23.1. The number of likely N-dealkylation sites (tertiary alicyclic amines) is 2. The van der Waals surface area contributed by atoms with E-state index < -0.39 is 48.2 Å². The quantitative estimate of drug-likeness (QED) is 0.136. The Morgan fingerprint density at radius 2 is 1.64 bits per heavy atom. The topological polar surface area (TPSA) is 213 Å². The number of piperidine rings is 1. The summed E-state index contributed by atoms with van der Waals surface area (Å²) in [5.74, 6) is -1.82. The van der Waals surface area contributed by atoms with Crippen LogP contribution in [-0.2, 0) is 27.2 Å². The van der Waals surface area contributed by atoms with E-state index in [0.29, 0.717) is 37.8 Å². The number of aliphatic hydroxyl groups is 2. The van der Waals surface area contributed by atoms with E-state index in [1.54, 1.807) is 24.3 Å². The predicted molar refractivity (Wildman–Crippen MR) is 161 cm³/mol. The van der Waals surface area contributed by atoms with E-state index >= 15 is 0 Å². The second kappa shape index (κ2) is 14.4. The minimum Gasteiger partial charge on any atom is -0.508 e. The van der Waals surface area contributed by atoms with Crippen LogP contribution in [0.15, 0.2) is 48.5 Å². The van der Waals surface area contributed by atoms with Crippen LogP contribution in [0.25, 0.3) is 0 Å². The van der Waals surface area contributed by atoms with E-state index in [1.165, 1.54) is 34.1 Å². The fraction of sp³-hybridized carbons (Fsp3) is 0.484. The van der Waals surface area contributed by atoms with Crippen LogP contribution in [0.2, 0.25) is 0 Å². The molecule has 44 heavy (non-hydrogen) atoms. The van der Waals surface area contributed by atoms with Gasteiger partial charge in [0.15, 0.2) is 5.96 Å². The molecule has 4 rings (SSSR count). The Balaban J connectivity index is 1.48. The van der Waals surface area contributed by atoms with E-state index in [1.807, 2.05) is 6.92 Å². The molecule has 2 aromatic carbocycles. The van der Waals surface area contributed by atoms with Gasteiger partial charge in [-0.2, -0.15) is 0 Å². The zero-order chi connectivity index (χ0) is 32.0. The van der Waals surface area contributed by atoms with Crippen LogP contribution in [0, 0.1) is 11.3 Å². The Labute approximate surface area is 256 Å². The summed E-state index contributed by atoms with van der Waals surface area (Å²) in [5.41, 5.74) is 7.06. The molecule has 3 unspecified atom stereocenters. The first-order chi connectivity index (χ1) is 20.9. The van der Waals surface area contributed by atoms with Gasteiger partial charge in [0.05, 0.1) is 6.04 Å². The van der Waals surface area contributed by atoms with E-state index in [0.717, 1.165) is 5.56 Å². The first kappa shape index (κ1) is 32.6. The molecule has 0 bridgehead atoms. The molecule has 3 amide bonds. The number of hydrogen-bond acceptors (Lipinski definition) is 8. The number of nitrogens with one attached hydrogen (secondary N) is 3. The van der Waals surface area contributed by atoms with Crippen LogP contribution in [0.3, 0.4) is 0 Å². The molecule has 0 aromatic heterocycles. The Morgan fingerprint density at radius 1 is 1.02 bits per heavy atom. The number of benzene rings is 2. The van der Waals surface area contributed by atoms with Gasteiger partial charge in [0, 0.05) is 19.5 Å². The maximum Gasteiger partial charge on any atom is 0.249 e. The number of amides is 3. The lowest BCUT2D eigenvalue weighted by molar-refractivity contribution is -0.143. The molecule has 2 saturated heterocycles. The summed E-state index contributed by atoms with van der Waals surface area (Å²) >= 11 is 0. The van der Waals surface area contributed by atoms with Gasteiger partial charge in [-0.25, -0.2) is 0 Å². The van der Waals surface area contributed by atoms with Gasteiger partial charge in [-0.3, -0.25) is 19.8 Å². The second-order valence-corrected chi connectivity index (χ2v) is 11.7. The van der Waals surface area contributed by atoms with Crippen LogP contribution < -0.4 is 16.4 Å². The van der Waals surface area contributed by atoms with Gasteiger partial charge in [0.2, 0.25) is 17.7 Å². The van der Waals surface area contributed by atoms with Crippen molar-refractivity contribution in [2.75, 3.05) is 13.1 Å². The number of carbonyl (C=O) groups is 3. The molecule has 2 aromatic rings. The third-order valence-electron chi connectivity index (χ3n) is 8.26. The minimum absolute atomic E-state index is 0.0133. The third-order valence-corrected chi connectivity index (χ3v) is 8.26. The summed E-state index contributed by atoms with van der Waals surface area (Å²) in [6.45, 7) is 2.59. The second-order valence-electron chi connectivity index (χ2n) is 11.7. The number of carbonyl (C=O) groups excluding carboxylic acids is 3. The summed E-state index contributed by atoms with van der Waals surface area (Å²) in [6.07, 6.45) is -0.592. The zero-order valence-corrected chi connectivity index (χ0v) is 24.7. The van der Waals surface area contributed by atoms with E-state index in [-0.39, 0.29) is 42.8 Å². The molecule has 2 aliphatic heterocycles. The predicted octanol–water partition coefficient (Wildman–Crippen LogP) is 0.148. The minimum atomic E-state index is -1.41. The number of aliphatic hydroxyl groups excluding tert-OH is 2. The van der Waals surface area contributed by atoms with Gasteiger partial charge in [-0.05, 0) is 73.4 Å². The molecule has 0 radical (unpaired) electrons. The fourth-order valence-electron chi connectivity index (χ4n) is 5.84. The highest BCUT2D eigenvalue weighted by Gasteiger charge is 2.42. The highest BCUT2D eigenvalue weighted by molar-refractivity contribution is 5.93. The summed E-state index contributed by atoms with van der Waals surface area (Å²) in [7, 11) is 0. The Morgan fingerprint density at radius 3 is 2.25 bits per heavy atom. The van der Waals surface area contributed by atoms with Crippen molar-refractivity contribution < 1.29 is 34.8 Å². The highest BCUT2D eigenvalue weighted by atomic mass is 16.3. The largest absolute Gasteiger partial charge is 0.508 e. The van der Waals surface area contributed by atoms with Gasteiger partial charge < -0.3 is 46.6 Å². The van der Waals surface area contributed by atoms with Gasteiger partial charge in [-0.1, -0.05) is 31.2 Å². The maximum absolute atomic E-state index is 14.0. The summed E-state index contributed by atoms with van der Waals surface area (Å²) in [5, 5.41) is 53.7. The number of guanidine groups is 1. The molecule has 9 N–H and O–H groups in total. The number of hydrogen-bond donors (Lipinski definition) is 8. The van der Waals surface area contributed by atoms with Crippen LogP contribution in [0.4, 0.5) is 0 Å². The van der Waals surface area contributed by atoms with Gasteiger partial charge in [0.1, 0.15) is 35.9 Å². The van der Waals surface area contributed by atoms with E-state index in [9.17, 15) is 34.8 Å². The Bertz CT molecular complexity index is 1320. The average molecular weight is 611 g/mol. The fourth-order valence-corrected chi connectivity index (χ4v) is 5.84. The van der Waals surface area contributed by atoms with Crippen LogP contribution in [0.5, 0.6) is 11.5 Å². The van der Waals surface area contributed by atoms with Crippen molar-refractivity contribution in [1.82, 2.24) is 20.4 Å². The first-order valence-electron chi connectivity index (χ1n) is 14.9. The van der Waals surface area contributed by atoms with Crippen molar-refractivity contribution >= 4 is 23.7 Å². The number of rotatable bonds is 10. The zero-order valence-electron chi connectivity index (χ0n) is 24.7. The van der Waals surface area contributed by atoms with Crippen molar-refractivity contribution in [2.45, 2.75) is 75.9 Å². The van der Waals surface area contributed by atoms with Crippen LogP contribution in [-0.4, -0.2) is 97.5 Å². The van der Waals surface area contributed by atoms with Crippen LogP contribution >= 0.6 is 0 Å². The molecule has 0 spiro atoms. The van der Waals surface area contributed by atoms with Crippen molar-refractivity contribution in [3.05, 3.63) is 59.7 Å². The van der Waals surface area contributed by atoms with Crippen molar-refractivity contribution in [1.29, 1.82) is 5.41 Å². The van der Waals surface area contributed by atoms with Crippen LogP contribution in [0.1, 0.15) is 43.7 Å². The van der Waals surface area contributed by atoms with Crippen molar-refractivity contribution in [3.63, 3.8) is 0 Å². The smallest absolute Gasteiger partial charge is 0.249 e. The lowest BCUT2D eigenvalue weighted by atomic mass is 10.0. The third kappa shape index (κ3) is 8.17. The monoisotopic (exact) mass is 610 g/mol. The number of nitrogens with two attached hydrogens (primary N) is 1. The lowest BCUT2D eigenvalue weighted by Gasteiger charge is -2.39. The lowest BCUT2D eigenvalue weighted by Crippen LogP contribution is -2.61. The summed E-state index contributed by atoms with van der Waals surface area (Å²) in [4.78, 5) is 43.4. The molecule has 13 heteroatoms. The number of aryl methyl sites for hydroxylation is 1. The molecule has 2 heterocycles. The Kier molecular flexibility index (Phi) is 10.7. The molecule has 13 nitrogen and oxygen atoms in total. The van der Waals surface area contributed by atoms with Crippen molar-refractivity contribution in [2.24, 2.45) is 11.7 Å². The molecular formula is C31H42N6O7. The number of nitrogens with zero attached hydrogens (tertiary/aromatic N) is 2. The molecule has 238 valence electrons. The highest BCUT2D eigenvalue weighted by Crippen LogP contribution is 2.26. The first-order valence-corrected chi connectivity index (χ1v) is 14.9. The number of aromatic hydroxyl groups is 2.